The number of rotatable bonds is 10. The summed E-state index contributed by atoms with van der Waals surface area (Å²) in [6.07, 6.45) is 1.64. The number of hydrogen-bond acceptors (Lipinski definition) is 8. The minimum Gasteiger partial charge on any atom is -0.507 e. The molecule has 4 aromatic rings. The molecule has 204 valence electrons. The summed E-state index contributed by atoms with van der Waals surface area (Å²) in [6.45, 7) is 8.72. The van der Waals surface area contributed by atoms with Crippen LogP contribution in [0.2, 0.25) is 0 Å². The molecule has 0 saturated carbocycles. The number of Topliss-reactive ketones (excluding diaryl/α,β-unsaturated/α-hetero) is 1. The van der Waals surface area contributed by atoms with Crippen LogP contribution < -0.4 is 19.1 Å². The maximum atomic E-state index is 13.6. The molecule has 40 heavy (non-hydrogen) atoms. The molecule has 5 rings (SSSR count). The minimum atomic E-state index is -0.920. The Labute approximate surface area is 235 Å². The Hall–Kier alpha value is -4.63. The Morgan fingerprint density at radius 3 is 2.38 bits per heavy atom. The summed E-state index contributed by atoms with van der Waals surface area (Å²) in [5.74, 6) is -0.0350. The number of ether oxygens (including phenoxy) is 3. The lowest BCUT2D eigenvalue weighted by molar-refractivity contribution is -0.132. The normalized spacial score (nSPS) is 16.4. The second kappa shape index (κ2) is 11.6. The van der Waals surface area contributed by atoms with Gasteiger partial charge in [-0.2, -0.15) is 0 Å². The molecule has 1 unspecified atom stereocenters. The molecule has 8 nitrogen and oxygen atoms in total. The molecule has 1 aliphatic rings. The minimum absolute atomic E-state index is 0.0346. The highest BCUT2D eigenvalue weighted by molar-refractivity contribution is 7.22. The fraction of sp³-hybridized carbons (Fsp3) is 0.194. The van der Waals surface area contributed by atoms with Gasteiger partial charge in [0.25, 0.3) is 5.78 Å². The quantitative estimate of drug-likeness (QED) is 0.106. The summed E-state index contributed by atoms with van der Waals surface area (Å²) in [4.78, 5) is 33.1. The van der Waals surface area contributed by atoms with Crippen molar-refractivity contribution in [2.45, 2.75) is 19.9 Å². The average Bonchev–Trinajstić information content (AvgIpc) is 3.50. The number of aliphatic hydroxyl groups is 1. The highest BCUT2D eigenvalue weighted by Gasteiger charge is 2.48. The highest BCUT2D eigenvalue weighted by Crippen LogP contribution is 2.45. The fourth-order valence-corrected chi connectivity index (χ4v) is 5.58. The number of nitrogens with zero attached hydrogens (tertiary/aromatic N) is 2. The first kappa shape index (κ1) is 27.0. The zero-order chi connectivity index (χ0) is 28.2. The number of fused-ring (bicyclic) bond motifs is 1. The number of ketones is 1. The topological polar surface area (TPSA) is 98.2 Å². The third-order valence-electron chi connectivity index (χ3n) is 6.29. The van der Waals surface area contributed by atoms with Crippen molar-refractivity contribution in [3.05, 3.63) is 96.1 Å². The molecule has 0 aliphatic carbocycles. The zero-order valence-corrected chi connectivity index (χ0v) is 22.9. The Morgan fingerprint density at radius 2 is 1.68 bits per heavy atom. The number of benzene rings is 3. The second-order valence-corrected chi connectivity index (χ2v) is 9.87. The standard InChI is InChI=1S/C31H28N2O6S/c1-4-16-39-21-12-10-19(11-13-21)27-26(28(34)20-8-7-9-22(17-20)37-5-2)29(35)30(36)33(27)31-32-24-15-14-23(38-6-3)18-25(24)40-31/h4,7-15,17-18,27,34H,1,5-6,16H2,2-3H3/b28-26+. The lowest BCUT2D eigenvalue weighted by Crippen LogP contribution is -2.29. The van der Waals surface area contributed by atoms with Crippen molar-refractivity contribution in [1.29, 1.82) is 0 Å². The van der Waals surface area contributed by atoms with E-state index in [4.69, 9.17) is 14.2 Å². The molecule has 0 radical (unpaired) electrons. The Balaban J connectivity index is 1.65. The van der Waals surface area contributed by atoms with E-state index in [2.05, 4.69) is 11.6 Å². The van der Waals surface area contributed by atoms with Crippen molar-refractivity contribution in [1.82, 2.24) is 4.98 Å². The summed E-state index contributed by atoms with van der Waals surface area (Å²) in [7, 11) is 0. The van der Waals surface area contributed by atoms with Crippen molar-refractivity contribution in [2.75, 3.05) is 24.7 Å². The molecule has 1 atom stereocenters. The smallest absolute Gasteiger partial charge is 0.301 e. The van der Waals surface area contributed by atoms with Gasteiger partial charge in [-0.3, -0.25) is 14.5 Å². The van der Waals surface area contributed by atoms with Crippen molar-refractivity contribution in [3.63, 3.8) is 0 Å². The largest absolute Gasteiger partial charge is 0.507 e. The maximum Gasteiger partial charge on any atom is 0.301 e. The van der Waals surface area contributed by atoms with Gasteiger partial charge in [-0.05, 0) is 61.9 Å². The lowest BCUT2D eigenvalue weighted by atomic mass is 9.95. The number of thiazole rings is 1. The van der Waals surface area contributed by atoms with Gasteiger partial charge in [0.05, 0.1) is 35.0 Å². The van der Waals surface area contributed by atoms with E-state index >= 15 is 0 Å². The van der Waals surface area contributed by atoms with Gasteiger partial charge in [0.15, 0.2) is 5.13 Å². The van der Waals surface area contributed by atoms with E-state index in [1.807, 2.05) is 32.0 Å². The molecule has 1 saturated heterocycles. The van der Waals surface area contributed by atoms with E-state index in [0.29, 0.717) is 58.8 Å². The van der Waals surface area contributed by atoms with Crippen LogP contribution in [0.1, 0.15) is 31.0 Å². The third kappa shape index (κ3) is 5.15. The van der Waals surface area contributed by atoms with Crippen molar-refractivity contribution in [2.24, 2.45) is 0 Å². The molecule has 1 amide bonds. The highest BCUT2D eigenvalue weighted by atomic mass is 32.1. The first-order valence-corrected chi connectivity index (χ1v) is 13.7. The van der Waals surface area contributed by atoms with E-state index in [1.54, 1.807) is 54.6 Å². The molecule has 1 aromatic heterocycles. The number of hydrogen-bond donors (Lipinski definition) is 1. The summed E-state index contributed by atoms with van der Waals surface area (Å²) in [6, 6.07) is 18.4. The number of amides is 1. The first-order chi connectivity index (χ1) is 19.4. The second-order valence-electron chi connectivity index (χ2n) is 8.86. The molecular formula is C31H28N2O6S. The SMILES string of the molecule is C=CCOc1ccc(C2/C(=C(\O)c3cccc(OCC)c3)C(=O)C(=O)N2c2nc3ccc(OCC)cc3s2)cc1. The van der Waals surface area contributed by atoms with Gasteiger partial charge in [0, 0.05) is 5.56 Å². The number of aromatic nitrogens is 1. The van der Waals surface area contributed by atoms with Gasteiger partial charge in [-0.15, -0.1) is 0 Å². The molecule has 9 heteroatoms. The van der Waals surface area contributed by atoms with Gasteiger partial charge >= 0.3 is 5.91 Å². The molecule has 1 fully saturated rings. The van der Waals surface area contributed by atoms with Gasteiger partial charge in [-0.25, -0.2) is 4.98 Å². The summed E-state index contributed by atoms with van der Waals surface area (Å²) >= 11 is 1.27. The predicted octanol–water partition coefficient (Wildman–Crippen LogP) is 6.28. The average molecular weight is 557 g/mol. The lowest BCUT2D eigenvalue weighted by Gasteiger charge is -2.23. The van der Waals surface area contributed by atoms with E-state index in [9.17, 15) is 14.7 Å². The summed E-state index contributed by atoms with van der Waals surface area (Å²) in [5, 5.41) is 11.8. The Bertz CT molecular complexity index is 1610. The molecule has 0 spiro atoms. The zero-order valence-electron chi connectivity index (χ0n) is 22.1. The predicted molar refractivity (Wildman–Crippen MR) is 155 cm³/mol. The van der Waals surface area contributed by atoms with Crippen LogP contribution in [0, 0.1) is 0 Å². The van der Waals surface area contributed by atoms with Gasteiger partial charge in [-0.1, -0.05) is 48.3 Å². The number of carbonyl (C=O) groups is 2. The van der Waals surface area contributed by atoms with Crippen LogP contribution in [0.15, 0.2) is 85.0 Å². The van der Waals surface area contributed by atoms with Crippen LogP contribution in [-0.2, 0) is 9.59 Å². The van der Waals surface area contributed by atoms with Crippen LogP contribution in [0.5, 0.6) is 17.2 Å². The van der Waals surface area contributed by atoms with E-state index in [0.717, 1.165) is 4.70 Å². The molecule has 1 aliphatic heterocycles. The summed E-state index contributed by atoms with van der Waals surface area (Å²) < 4.78 is 17.6. The number of carbonyl (C=O) groups excluding carboxylic acids is 2. The Morgan fingerprint density at radius 1 is 0.975 bits per heavy atom. The van der Waals surface area contributed by atoms with Crippen LogP contribution >= 0.6 is 11.3 Å². The third-order valence-corrected chi connectivity index (χ3v) is 7.31. The Kier molecular flexibility index (Phi) is 7.84. The monoisotopic (exact) mass is 556 g/mol. The van der Waals surface area contributed by atoms with Crippen molar-refractivity contribution >= 4 is 44.1 Å². The van der Waals surface area contributed by atoms with Crippen LogP contribution in [0.4, 0.5) is 5.13 Å². The summed E-state index contributed by atoms with van der Waals surface area (Å²) in [5.41, 5.74) is 1.61. The van der Waals surface area contributed by atoms with Crippen molar-refractivity contribution < 1.29 is 28.9 Å². The molecule has 1 N–H and O–H groups in total. The van der Waals surface area contributed by atoms with Crippen LogP contribution in [0.25, 0.3) is 16.0 Å². The van der Waals surface area contributed by atoms with E-state index < -0.39 is 17.7 Å². The first-order valence-electron chi connectivity index (χ1n) is 12.9. The van der Waals surface area contributed by atoms with Crippen LogP contribution in [0.3, 0.4) is 0 Å². The van der Waals surface area contributed by atoms with Crippen molar-refractivity contribution in [3.8, 4) is 17.2 Å². The molecular weight excluding hydrogens is 528 g/mol. The number of anilines is 1. The van der Waals surface area contributed by atoms with Gasteiger partial charge < -0.3 is 19.3 Å². The molecule has 2 heterocycles. The van der Waals surface area contributed by atoms with E-state index in [1.165, 1.54) is 16.2 Å². The van der Waals surface area contributed by atoms with Crippen LogP contribution in [-0.4, -0.2) is 41.6 Å². The fourth-order valence-electron chi connectivity index (χ4n) is 4.55. The maximum absolute atomic E-state index is 13.6. The molecule has 3 aromatic carbocycles. The molecule has 0 bridgehead atoms. The number of aliphatic hydroxyl groups excluding tert-OH is 1. The van der Waals surface area contributed by atoms with Gasteiger partial charge in [0.2, 0.25) is 0 Å². The van der Waals surface area contributed by atoms with E-state index in [-0.39, 0.29) is 11.3 Å². The van der Waals surface area contributed by atoms with Gasteiger partial charge in [0.1, 0.15) is 29.6 Å².